The monoisotopic (exact) mass is 263 g/mol. The fraction of sp³-hybridized carbons (Fsp3) is 0.647. The summed E-state index contributed by atoms with van der Waals surface area (Å²) >= 11 is 0. The predicted molar refractivity (Wildman–Crippen MR) is 82.6 cm³/mol. The van der Waals surface area contributed by atoms with Crippen molar-refractivity contribution in [2.24, 2.45) is 11.7 Å². The normalized spacial score (nSPS) is 12.4. The van der Waals surface area contributed by atoms with Gasteiger partial charge in [0.25, 0.3) is 0 Å². The van der Waals surface area contributed by atoms with Gasteiger partial charge in [0.1, 0.15) is 5.75 Å². The molecular formula is C17H29NO. The Morgan fingerprint density at radius 1 is 1.05 bits per heavy atom. The summed E-state index contributed by atoms with van der Waals surface area (Å²) in [6.45, 7) is 3.05. The molecule has 0 spiro atoms. The molecular weight excluding hydrogens is 234 g/mol. The molecule has 1 aromatic rings. The van der Waals surface area contributed by atoms with Gasteiger partial charge < -0.3 is 10.5 Å². The number of benzene rings is 1. The number of hydrogen-bond acceptors (Lipinski definition) is 2. The van der Waals surface area contributed by atoms with Crippen molar-refractivity contribution in [1.82, 2.24) is 0 Å². The van der Waals surface area contributed by atoms with Crippen LogP contribution >= 0.6 is 0 Å². The van der Waals surface area contributed by atoms with E-state index in [4.69, 9.17) is 10.5 Å². The maximum atomic E-state index is 5.89. The minimum absolute atomic E-state index is 0.620. The molecule has 2 N–H and O–H groups in total. The molecule has 19 heavy (non-hydrogen) atoms. The first-order valence-corrected chi connectivity index (χ1v) is 7.63. The van der Waals surface area contributed by atoms with Gasteiger partial charge in [0, 0.05) is 0 Å². The molecule has 1 aromatic carbocycles. The lowest BCUT2D eigenvalue weighted by molar-refractivity contribution is 0.414. The third kappa shape index (κ3) is 6.63. The van der Waals surface area contributed by atoms with E-state index in [0.717, 1.165) is 18.7 Å². The van der Waals surface area contributed by atoms with Crippen LogP contribution in [0.3, 0.4) is 0 Å². The molecule has 0 fully saturated rings. The topological polar surface area (TPSA) is 35.2 Å². The smallest absolute Gasteiger partial charge is 0.118 e. The Bertz CT molecular complexity index is 321. The van der Waals surface area contributed by atoms with Crippen LogP contribution in [0.5, 0.6) is 5.75 Å². The summed E-state index contributed by atoms with van der Waals surface area (Å²) in [4.78, 5) is 0. The summed E-state index contributed by atoms with van der Waals surface area (Å²) in [6, 6.07) is 8.37. The summed E-state index contributed by atoms with van der Waals surface area (Å²) in [5.74, 6) is 1.54. The number of hydrogen-bond donors (Lipinski definition) is 1. The average molecular weight is 263 g/mol. The lowest BCUT2D eigenvalue weighted by Crippen LogP contribution is -2.16. The third-order valence-corrected chi connectivity index (χ3v) is 3.73. The van der Waals surface area contributed by atoms with Gasteiger partial charge in [0.15, 0.2) is 0 Å². The molecule has 1 unspecified atom stereocenters. The van der Waals surface area contributed by atoms with Gasteiger partial charge in [-0.2, -0.15) is 0 Å². The van der Waals surface area contributed by atoms with Crippen LogP contribution in [-0.4, -0.2) is 13.7 Å². The van der Waals surface area contributed by atoms with E-state index in [1.165, 1.54) is 44.1 Å². The Kier molecular flexibility index (Phi) is 8.31. The summed E-state index contributed by atoms with van der Waals surface area (Å²) in [7, 11) is 1.70. The standard InChI is InChI=1S/C17H29NO/c1-3-4-5-6-7-8-16(14-18)13-15-9-11-17(19-2)12-10-15/h9-12,16H,3-8,13-14,18H2,1-2H3. The molecule has 0 radical (unpaired) electrons. The molecule has 0 saturated carbocycles. The summed E-state index contributed by atoms with van der Waals surface area (Å²) in [5, 5.41) is 0. The second kappa shape index (κ2) is 9.85. The van der Waals surface area contributed by atoms with Gasteiger partial charge in [-0.05, 0) is 43.0 Å². The Morgan fingerprint density at radius 3 is 2.32 bits per heavy atom. The Morgan fingerprint density at radius 2 is 1.74 bits per heavy atom. The van der Waals surface area contributed by atoms with Gasteiger partial charge in [0.2, 0.25) is 0 Å². The zero-order valence-electron chi connectivity index (χ0n) is 12.5. The van der Waals surface area contributed by atoms with Crippen molar-refractivity contribution in [2.75, 3.05) is 13.7 Å². The first-order valence-electron chi connectivity index (χ1n) is 7.63. The quantitative estimate of drug-likeness (QED) is 0.643. The van der Waals surface area contributed by atoms with Gasteiger partial charge in [-0.1, -0.05) is 51.2 Å². The number of ether oxygens (including phenoxy) is 1. The minimum atomic E-state index is 0.620. The van der Waals surface area contributed by atoms with Gasteiger partial charge in [-0.25, -0.2) is 0 Å². The Hall–Kier alpha value is -1.02. The van der Waals surface area contributed by atoms with Crippen molar-refractivity contribution in [1.29, 1.82) is 0 Å². The molecule has 2 nitrogen and oxygen atoms in total. The lowest BCUT2D eigenvalue weighted by Gasteiger charge is -2.15. The van der Waals surface area contributed by atoms with Crippen molar-refractivity contribution >= 4 is 0 Å². The molecule has 1 atom stereocenters. The van der Waals surface area contributed by atoms with E-state index in [1.807, 2.05) is 12.1 Å². The van der Waals surface area contributed by atoms with Crippen molar-refractivity contribution in [2.45, 2.75) is 51.9 Å². The summed E-state index contributed by atoms with van der Waals surface area (Å²) < 4.78 is 5.18. The molecule has 108 valence electrons. The van der Waals surface area contributed by atoms with E-state index >= 15 is 0 Å². The maximum absolute atomic E-state index is 5.89. The van der Waals surface area contributed by atoms with Crippen LogP contribution in [0, 0.1) is 5.92 Å². The highest BCUT2D eigenvalue weighted by Crippen LogP contribution is 2.18. The SMILES string of the molecule is CCCCCCCC(CN)Cc1ccc(OC)cc1. The van der Waals surface area contributed by atoms with Crippen molar-refractivity contribution < 1.29 is 4.74 Å². The molecule has 0 aliphatic rings. The zero-order chi connectivity index (χ0) is 13.9. The van der Waals surface area contributed by atoms with E-state index in [1.54, 1.807) is 7.11 Å². The van der Waals surface area contributed by atoms with E-state index in [0.29, 0.717) is 5.92 Å². The van der Waals surface area contributed by atoms with Crippen molar-refractivity contribution in [3.05, 3.63) is 29.8 Å². The van der Waals surface area contributed by atoms with Crippen LogP contribution in [0.1, 0.15) is 51.0 Å². The number of methoxy groups -OCH3 is 1. The first kappa shape index (κ1) is 16.0. The lowest BCUT2D eigenvalue weighted by atomic mass is 9.93. The molecule has 0 aromatic heterocycles. The molecule has 0 bridgehead atoms. The van der Waals surface area contributed by atoms with E-state index < -0.39 is 0 Å². The molecule has 0 saturated heterocycles. The van der Waals surface area contributed by atoms with Crippen LogP contribution in [0.4, 0.5) is 0 Å². The highest BCUT2D eigenvalue weighted by molar-refractivity contribution is 5.27. The largest absolute Gasteiger partial charge is 0.497 e. The fourth-order valence-corrected chi connectivity index (χ4v) is 2.43. The van der Waals surface area contributed by atoms with E-state index in [2.05, 4.69) is 19.1 Å². The van der Waals surface area contributed by atoms with Crippen LogP contribution in [0.15, 0.2) is 24.3 Å². The number of rotatable bonds is 10. The van der Waals surface area contributed by atoms with E-state index in [-0.39, 0.29) is 0 Å². The summed E-state index contributed by atoms with van der Waals surface area (Å²) in [6.07, 6.45) is 9.07. The van der Waals surface area contributed by atoms with Gasteiger partial charge >= 0.3 is 0 Å². The highest BCUT2D eigenvalue weighted by Gasteiger charge is 2.07. The van der Waals surface area contributed by atoms with Crippen LogP contribution in [0.2, 0.25) is 0 Å². The van der Waals surface area contributed by atoms with E-state index in [9.17, 15) is 0 Å². The van der Waals surface area contributed by atoms with Crippen molar-refractivity contribution in [3.8, 4) is 5.75 Å². The number of unbranched alkanes of at least 4 members (excludes halogenated alkanes) is 4. The molecule has 0 aliphatic heterocycles. The minimum Gasteiger partial charge on any atom is -0.497 e. The highest BCUT2D eigenvalue weighted by atomic mass is 16.5. The predicted octanol–water partition coefficient (Wildman–Crippen LogP) is 4.17. The number of nitrogens with two attached hydrogens (primary N) is 1. The molecule has 0 heterocycles. The summed E-state index contributed by atoms with van der Waals surface area (Å²) in [5.41, 5.74) is 7.26. The average Bonchev–Trinajstić information content (AvgIpc) is 2.46. The maximum Gasteiger partial charge on any atom is 0.118 e. The van der Waals surface area contributed by atoms with Crippen LogP contribution < -0.4 is 10.5 Å². The first-order chi connectivity index (χ1) is 9.30. The Balaban J connectivity index is 2.30. The Labute approximate surface area is 118 Å². The van der Waals surface area contributed by atoms with Crippen molar-refractivity contribution in [3.63, 3.8) is 0 Å². The molecule has 2 heteroatoms. The molecule has 1 rings (SSSR count). The van der Waals surface area contributed by atoms with Gasteiger partial charge in [-0.15, -0.1) is 0 Å². The molecule has 0 aliphatic carbocycles. The fourth-order valence-electron chi connectivity index (χ4n) is 2.43. The van der Waals surface area contributed by atoms with Gasteiger partial charge in [-0.3, -0.25) is 0 Å². The van der Waals surface area contributed by atoms with Crippen LogP contribution in [-0.2, 0) is 6.42 Å². The van der Waals surface area contributed by atoms with Crippen LogP contribution in [0.25, 0.3) is 0 Å². The zero-order valence-corrected chi connectivity index (χ0v) is 12.5. The van der Waals surface area contributed by atoms with Gasteiger partial charge in [0.05, 0.1) is 7.11 Å². The molecule has 0 amide bonds. The second-order valence-electron chi connectivity index (χ2n) is 5.36. The third-order valence-electron chi connectivity index (χ3n) is 3.73. The second-order valence-corrected chi connectivity index (χ2v) is 5.36.